The average Bonchev–Trinajstić information content (AvgIpc) is 2.19. The van der Waals surface area contributed by atoms with E-state index in [0.29, 0.717) is 12.6 Å². The van der Waals surface area contributed by atoms with Gasteiger partial charge in [0.25, 0.3) is 0 Å². The number of anilines is 1. The maximum absolute atomic E-state index is 9.10. The fraction of sp³-hybridized carbons (Fsp3) is 0.667. The highest BCUT2D eigenvalue weighted by Crippen LogP contribution is 2.28. The summed E-state index contributed by atoms with van der Waals surface area (Å²) in [5.74, 6) is 0.904. The molecule has 0 bridgehead atoms. The Morgan fingerprint density at radius 1 is 1.38 bits per heavy atom. The molecular formula is C12H19N3O. The Balaban J connectivity index is 2.20. The van der Waals surface area contributed by atoms with Gasteiger partial charge in [-0.1, -0.05) is 0 Å². The van der Waals surface area contributed by atoms with Crippen molar-refractivity contribution in [1.29, 1.82) is 0 Å². The van der Waals surface area contributed by atoms with Crippen LogP contribution in [0.4, 0.5) is 5.82 Å². The van der Waals surface area contributed by atoms with Crippen LogP contribution in [-0.4, -0.2) is 34.3 Å². The van der Waals surface area contributed by atoms with Crippen molar-refractivity contribution in [2.24, 2.45) is 0 Å². The first-order valence-electron chi connectivity index (χ1n) is 5.90. The van der Waals surface area contributed by atoms with Gasteiger partial charge in [0.15, 0.2) is 0 Å². The first-order chi connectivity index (χ1) is 7.72. The van der Waals surface area contributed by atoms with Crippen LogP contribution in [0.5, 0.6) is 0 Å². The summed E-state index contributed by atoms with van der Waals surface area (Å²) in [7, 11) is 0. The third-order valence-electron chi connectivity index (χ3n) is 3.33. The summed E-state index contributed by atoms with van der Waals surface area (Å²) < 4.78 is 0. The molecule has 0 saturated heterocycles. The Morgan fingerprint density at radius 3 is 2.62 bits per heavy atom. The van der Waals surface area contributed by atoms with E-state index < -0.39 is 0 Å². The van der Waals surface area contributed by atoms with Gasteiger partial charge in [0.1, 0.15) is 5.82 Å². The standard InChI is InChI=1S/C12H19N3O/c1-9-10(2)14-12(8-13-9)15(6-7-16)11-4-3-5-11/h8,11,16H,3-7H2,1-2H3. The second-order valence-electron chi connectivity index (χ2n) is 4.40. The normalized spacial score (nSPS) is 15.9. The van der Waals surface area contributed by atoms with Gasteiger partial charge in [0, 0.05) is 12.6 Å². The molecule has 1 aliphatic carbocycles. The van der Waals surface area contributed by atoms with Crippen LogP contribution in [0, 0.1) is 13.8 Å². The molecule has 0 amide bonds. The van der Waals surface area contributed by atoms with Crippen molar-refractivity contribution < 1.29 is 5.11 Å². The van der Waals surface area contributed by atoms with Crippen LogP contribution in [-0.2, 0) is 0 Å². The van der Waals surface area contributed by atoms with Gasteiger partial charge in [0.2, 0.25) is 0 Å². The summed E-state index contributed by atoms with van der Waals surface area (Å²) in [6.45, 7) is 4.77. The fourth-order valence-corrected chi connectivity index (χ4v) is 1.96. The van der Waals surface area contributed by atoms with E-state index in [1.165, 1.54) is 19.3 Å². The fourth-order valence-electron chi connectivity index (χ4n) is 1.96. The third-order valence-corrected chi connectivity index (χ3v) is 3.33. The van der Waals surface area contributed by atoms with Crippen molar-refractivity contribution in [1.82, 2.24) is 9.97 Å². The van der Waals surface area contributed by atoms with E-state index in [1.807, 2.05) is 20.0 Å². The highest BCUT2D eigenvalue weighted by Gasteiger charge is 2.25. The van der Waals surface area contributed by atoms with Crippen molar-refractivity contribution in [3.8, 4) is 0 Å². The van der Waals surface area contributed by atoms with Crippen LogP contribution in [0.25, 0.3) is 0 Å². The van der Waals surface area contributed by atoms with Gasteiger partial charge in [-0.3, -0.25) is 4.98 Å². The summed E-state index contributed by atoms with van der Waals surface area (Å²) in [6.07, 6.45) is 5.50. The molecule has 1 aliphatic rings. The number of aliphatic hydroxyl groups excluding tert-OH is 1. The number of hydrogen-bond acceptors (Lipinski definition) is 4. The minimum Gasteiger partial charge on any atom is -0.395 e. The second-order valence-corrected chi connectivity index (χ2v) is 4.40. The monoisotopic (exact) mass is 221 g/mol. The lowest BCUT2D eigenvalue weighted by Crippen LogP contribution is -2.42. The largest absolute Gasteiger partial charge is 0.395 e. The van der Waals surface area contributed by atoms with E-state index >= 15 is 0 Å². The van der Waals surface area contributed by atoms with E-state index in [-0.39, 0.29) is 6.61 Å². The molecule has 4 heteroatoms. The van der Waals surface area contributed by atoms with Crippen LogP contribution >= 0.6 is 0 Å². The molecule has 1 saturated carbocycles. The van der Waals surface area contributed by atoms with Gasteiger partial charge in [-0.2, -0.15) is 0 Å². The lowest BCUT2D eigenvalue weighted by atomic mass is 9.91. The Labute approximate surface area is 96.3 Å². The maximum Gasteiger partial charge on any atom is 0.147 e. The van der Waals surface area contributed by atoms with Crippen molar-refractivity contribution in [2.75, 3.05) is 18.1 Å². The molecule has 1 N–H and O–H groups in total. The zero-order chi connectivity index (χ0) is 11.5. The molecular weight excluding hydrogens is 202 g/mol. The highest BCUT2D eigenvalue weighted by molar-refractivity contribution is 5.39. The van der Waals surface area contributed by atoms with E-state index in [9.17, 15) is 0 Å². The molecule has 1 aromatic heterocycles. The minimum atomic E-state index is 0.172. The molecule has 0 spiro atoms. The Kier molecular flexibility index (Phi) is 3.39. The first kappa shape index (κ1) is 11.3. The maximum atomic E-state index is 9.10. The molecule has 0 radical (unpaired) electrons. The lowest BCUT2D eigenvalue weighted by molar-refractivity contribution is 0.283. The number of nitrogens with zero attached hydrogens (tertiary/aromatic N) is 3. The zero-order valence-corrected chi connectivity index (χ0v) is 9.98. The van der Waals surface area contributed by atoms with Crippen molar-refractivity contribution >= 4 is 5.82 Å². The molecule has 4 nitrogen and oxygen atoms in total. The van der Waals surface area contributed by atoms with Crippen molar-refractivity contribution in [3.63, 3.8) is 0 Å². The average molecular weight is 221 g/mol. The van der Waals surface area contributed by atoms with E-state index in [0.717, 1.165) is 17.2 Å². The summed E-state index contributed by atoms with van der Waals surface area (Å²) in [4.78, 5) is 11.1. The van der Waals surface area contributed by atoms with Crippen LogP contribution in [0.1, 0.15) is 30.7 Å². The van der Waals surface area contributed by atoms with Crippen molar-refractivity contribution in [3.05, 3.63) is 17.6 Å². The number of rotatable bonds is 4. The van der Waals surface area contributed by atoms with Gasteiger partial charge in [-0.25, -0.2) is 4.98 Å². The van der Waals surface area contributed by atoms with Gasteiger partial charge in [-0.05, 0) is 33.1 Å². The zero-order valence-electron chi connectivity index (χ0n) is 9.98. The second kappa shape index (κ2) is 4.78. The van der Waals surface area contributed by atoms with E-state index in [1.54, 1.807) is 0 Å². The Bertz CT molecular complexity index is 363. The summed E-state index contributed by atoms with van der Waals surface area (Å²) in [5, 5.41) is 9.10. The highest BCUT2D eigenvalue weighted by atomic mass is 16.3. The molecule has 0 aromatic carbocycles. The molecule has 1 heterocycles. The van der Waals surface area contributed by atoms with Gasteiger partial charge >= 0.3 is 0 Å². The molecule has 16 heavy (non-hydrogen) atoms. The topological polar surface area (TPSA) is 49.2 Å². The molecule has 1 fully saturated rings. The van der Waals surface area contributed by atoms with E-state index in [4.69, 9.17) is 5.11 Å². The lowest BCUT2D eigenvalue weighted by Gasteiger charge is -2.38. The predicted molar refractivity (Wildman–Crippen MR) is 63.6 cm³/mol. The molecule has 0 unspecified atom stereocenters. The third kappa shape index (κ3) is 2.16. The molecule has 1 aromatic rings. The van der Waals surface area contributed by atoms with Crippen LogP contribution in [0.2, 0.25) is 0 Å². The van der Waals surface area contributed by atoms with Crippen molar-refractivity contribution in [2.45, 2.75) is 39.2 Å². The molecule has 2 rings (SSSR count). The quantitative estimate of drug-likeness (QED) is 0.836. The Morgan fingerprint density at radius 2 is 2.12 bits per heavy atom. The number of hydrogen-bond donors (Lipinski definition) is 1. The summed E-state index contributed by atoms with van der Waals surface area (Å²) in [5.41, 5.74) is 1.95. The minimum absolute atomic E-state index is 0.172. The van der Waals surface area contributed by atoms with Gasteiger partial charge in [0.05, 0.1) is 24.2 Å². The predicted octanol–water partition coefficient (Wildman–Crippen LogP) is 1.44. The molecule has 0 aliphatic heterocycles. The van der Waals surface area contributed by atoms with Crippen LogP contribution in [0.3, 0.4) is 0 Å². The summed E-state index contributed by atoms with van der Waals surface area (Å²) in [6, 6.07) is 0.545. The van der Waals surface area contributed by atoms with Gasteiger partial charge < -0.3 is 10.0 Å². The van der Waals surface area contributed by atoms with Crippen LogP contribution in [0.15, 0.2) is 6.20 Å². The summed E-state index contributed by atoms with van der Waals surface area (Å²) >= 11 is 0. The van der Waals surface area contributed by atoms with Crippen LogP contribution < -0.4 is 4.90 Å². The smallest absolute Gasteiger partial charge is 0.147 e. The first-order valence-corrected chi connectivity index (χ1v) is 5.90. The number of aromatic nitrogens is 2. The van der Waals surface area contributed by atoms with Gasteiger partial charge in [-0.15, -0.1) is 0 Å². The SMILES string of the molecule is Cc1ncc(N(CCO)C2CCC2)nc1C. The van der Waals surface area contributed by atoms with E-state index in [2.05, 4.69) is 14.9 Å². The Hall–Kier alpha value is -1.16. The number of aryl methyl sites for hydroxylation is 2. The molecule has 88 valence electrons. The number of aliphatic hydroxyl groups is 1. The molecule has 0 atom stereocenters.